The molecule has 0 saturated heterocycles. The number of hydrogen-bond acceptors (Lipinski definition) is 4. The Labute approximate surface area is 134 Å². The van der Waals surface area contributed by atoms with Gasteiger partial charge in [0, 0.05) is 16.8 Å². The van der Waals surface area contributed by atoms with Crippen LogP contribution in [0.2, 0.25) is 0 Å². The number of fused-ring (bicyclic) bond motifs is 1. The van der Waals surface area contributed by atoms with Crippen LogP contribution in [0.5, 0.6) is 0 Å². The summed E-state index contributed by atoms with van der Waals surface area (Å²) in [6, 6.07) is 4.72. The molecule has 2 aromatic rings. The van der Waals surface area contributed by atoms with Crippen molar-refractivity contribution in [3.8, 4) is 0 Å². The fraction of sp³-hybridized carbons (Fsp3) is 0.143. The Bertz CT molecular complexity index is 733. The third-order valence-corrected chi connectivity index (χ3v) is 3.83. The average Bonchev–Trinajstić information content (AvgIpc) is 2.45. The lowest BCUT2D eigenvalue weighted by Gasteiger charge is -2.27. The monoisotopic (exact) mass is 400 g/mol. The van der Waals surface area contributed by atoms with Gasteiger partial charge in [-0.2, -0.15) is 0 Å². The van der Waals surface area contributed by atoms with Gasteiger partial charge in [0.05, 0.1) is 23.5 Å². The van der Waals surface area contributed by atoms with E-state index in [0.717, 1.165) is 3.57 Å². The Morgan fingerprint density at radius 3 is 2.90 bits per heavy atom. The summed E-state index contributed by atoms with van der Waals surface area (Å²) in [4.78, 5) is 9.75. The van der Waals surface area contributed by atoms with E-state index in [2.05, 4.69) is 15.3 Å². The topological polar surface area (TPSA) is 41.0 Å². The van der Waals surface area contributed by atoms with Gasteiger partial charge in [-0.3, -0.25) is 0 Å². The number of halogens is 3. The molecule has 108 valence electrons. The quantitative estimate of drug-likeness (QED) is 0.785. The highest BCUT2D eigenvalue weighted by Crippen LogP contribution is 2.33. The van der Waals surface area contributed by atoms with Crippen LogP contribution >= 0.6 is 22.6 Å². The number of aromatic nitrogens is 2. The van der Waals surface area contributed by atoms with Gasteiger partial charge in [0.1, 0.15) is 23.8 Å². The van der Waals surface area contributed by atoms with Crippen molar-refractivity contribution in [1.29, 1.82) is 0 Å². The van der Waals surface area contributed by atoms with E-state index >= 15 is 0 Å². The molecule has 0 fully saturated rings. The van der Waals surface area contributed by atoms with E-state index in [1.54, 1.807) is 24.1 Å². The van der Waals surface area contributed by atoms with Gasteiger partial charge in [-0.15, -0.1) is 0 Å². The summed E-state index contributed by atoms with van der Waals surface area (Å²) >= 11 is 2.02. The SMILES string of the molecule is CN1CC(F)=C(Nc2ccc(I)cc2F)c2cncnc21. The van der Waals surface area contributed by atoms with Crippen molar-refractivity contribution in [3.63, 3.8) is 0 Å². The third-order valence-electron chi connectivity index (χ3n) is 3.16. The summed E-state index contributed by atoms with van der Waals surface area (Å²) in [7, 11) is 1.74. The van der Waals surface area contributed by atoms with Crippen LogP contribution in [0.1, 0.15) is 5.56 Å². The first-order valence-corrected chi connectivity index (χ1v) is 7.26. The van der Waals surface area contributed by atoms with Crippen molar-refractivity contribution in [2.45, 2.75) is 0 Å². The predicted octanol–water partition coefficient (Wildman–Crippen LogP) is 3.42. The van der Waals surface area contributed by atoms with E-state index in [0.29, 0.717) is 11.4 Å². The van der Waals surface area contributed by atoms with Crippen LogP contribution in [0.15, 0.2) is 36.6 Å². The predicted molar refractivity (Wildman–Crippen MR) is 86.1 cm³/mol. The molecule has 0 unspecified atom stereocenters. The van der Waals surface area contributed by atoms with Crippen molar-refractivity contribution < 1.29 is 8.78 Å². The molecule has 0 amide bonds. The molecular formula is C14H11F2IN4. The minimum Gasteiger partial charge on any atom is -0.352 e. The van der Waals surface area contributed by atoms with Gasteiger partial charge in [0.15, 0.2) is 0 Å². The molecule has 1 aromatic heterocycles. The van der Waals surface area contributed by atoms with Crippen molar-refractivity contribution in [2.24, 2.45) is 0 Å². The highest BCUT2D eigenvalue weighted by Gasteiger charge is 2.24. The molecule has 0 saturated carbocycles. The second-order valence-corrected chi connectivity index (χ2v) is 5.89. The van der Waals surface area contributed by atoms with Gasteiger partial charge in [-0.05, 0) is 40.8 Å². The number of benzene rings is 1. The summed E-state index contributed by atoms with van der Waals surface area (Å²) in [6.07, 6.45) is 2.92. The fourth-order valence-corrected chi connectivity index (χ4v) is 2.63. The van der Waals surface area contributed by atoms with E-state index in [1.807, 2.05) is 22.6 Å². The number of rotatable bonds is 2. The molecule has 0 spiro atoms. The second-order valence-electron chi connectivity index (χ2n) is 4.65. The highest BCUT2D eigenvalue weighted by molar-refractivity contribution is 14.1. The van der Waals surface area contributed by atoms with Crippen molar-refractivity contribution in [3.05, 3.63) is 51.5 Å². The Hall–Kier alpha value is -1.77. The van der Waals surface area contributed by atoms with Crippen LogP contribution in [0.3, 0.4) is 0 Å². The number of nitrogens with zero attached hydrogens (tertiary/aromatic N) is 3. The van der Waals surface area contributed by atoms with Crippen molar-refractivity contribution in [2.75, 3.05) is 23.8 Å². The van der Waals surface area contributed by atoms with Gasteiger partial charge in [-0.25, -0.2) is 18.7 Å². The van der Waals surface area contributed by atoms with E-state index in [9.17, 15) is 8.78 Å². The van der Waals surface area contributed by atoms with Crippen LogP contribution in [0, 0.1) is 9.39 Å². The Kier molecular flexibility index (Phi) is 3.75. The molecule has 0 aliphatic carbocycles. The Morgan fingerprint density at radius 2 is 2.14 bits per heavy atom. The van der Waals surface area contributed by atoms with Gasteiger partial charge in [0.25, 0.3) is 0 Å². The molecule has 3 rings (SSSR count). The normalized spacial score (nSPS) is 14.2. The molecule has 1 aliphatic rings. The molecule has 21 heavy (non-hydrogen) atoms. The second kappa shape index (κ2) is 5.55. The largest absolute Gasteiger partial charge is 0.352 e. The molecular weight excluding hydrogens is 389 g/mol. The summed E-state index contributed by atoms with van der Waals surface area (Å²) < 4.78 is 29.0. The lowest BCUT2D eigenvalue weighted by atomic mass is 10.1. The number of hydrogen-bond donors (Lipinski definition) is 1. The van der Waals surface area contributed by atoms with Gasteiger partial charge in [0.2, 0.25) is 0 Å². The maximum atomic E-state index is 14.3. The molecule has 1 aliphatic heterocycles. The van der Waals surface area contributed by atoms with Crippen molar-refractivity contribution >= 4 is 39.8 Å². The summed E-state index contributed by atoms with van der Waals surface area (Å²) in [5, 5.41) is 2.82. The molecule has 0 radical (unpaired) electrons. The molecule has 2 heterocycles. The number of anilines is 2. The lowest BCUT2D eigenvalue weighted by Crippen LogP contribution is -2.27. The van der Waals surface area contributed by atoms with Crippen LogP contribution in [-0.4, -0.2) is 23.6 Å². The first-order valence-electron chi connectivity index (χ1n) is 6.18. The van der Waals surface area contributed by atoms with Crippen LogP contribution < -0.4 is 10.2 Å². The summed E-state index contributed by atoms with van der Waals surface area (Å²) in [6.45, 7) is 0.0817. The highest BCUT2D eigenvalue weighted by atomic mass is 127. The van der Waals surface area contributed by atoms with Crippen molar-refractivity contribution in [1.82, 2.24) is 9.97 Å². The fourth-order valence-electron chi connectivity index (χ4n) is 2.17. The summed E-state index contributed by atoms with van der Waals surface area (Å²) in [5.74, 6) is -0.197. The zero-order valence-corrected chi connectivity index (χ0v) is 13.2. The van der Waals surface area contributed by atoms with E-state index in [1.165, 1.54) is 18.6 Å². The number of nitrogens with one attached hydrogen (secondary N) is 1. The van der Waals surface area contributed by atoms with Crippen LogP contribution in [0.25, 0.3) is 5.70 Å². The molecule has 1 aromatic carbocycles. The van der Waals surface area contributed by atoms with E-state index in [4.69, 9.17) is 0 Å². The smallest absolute Gasteiger partial charge is 0.147 e. The van der Waals surface area contributed by atoms with E-state index < -0.39 is 5.82 Å². The summed E-state index contributed by atoms with van der Waals surface area (Å²) in [5.41, 5.74) is 0.949. The maximum absolute atomic E-state index is 14.3. The third kappa shape index (κ3) is 2.69. The van der Waals surface area contributed by atoms with Crippen LogP contribution in [0.4, 0.5) is 20.3 Å². The average molecular weight is 400 g/mol. The standard InChI is InChI=1S/C14H11F2IN4/c1-21-6-11(16)13(9-5-18-7-19-14(9)21)20-12-3-2-8(17)4-10(12)15/h2-5,7,20H,6H2,1H3. The van der Waals surface area contributed by atoms with Gasteiger partial charge >= 0.3 is 0 Å². The Morgan fingerprint density at radius 1 is 1.33 bits per heavy atom. The molecule has 1 N–H and O–H groups in total. The van der Waals surface area contributed by atoms with E-state index in [-0.39, 0.29) is 23.8 Å². The lowest BCUT2D eigenvalue weighted by molar-refractivity contribution is 0.605. The Balaban J connectivity index is 2.03. The van der Waals surface area contributed by atoms with Gasteiger partial charge in [-0.1, -0.05) is 0 Å². The zero-order valence-electron chi connectivity index (χ0n) is 11.1. The molecule has 4 nitrogen and oxygen atoms in total. The van der Waals surface area contributed by atoms with Crippen LogP contribution in [-0.2, 0) is 0 Å². The number of likely N-dealkylation sites (N-methyl/N-ethyl adjacent to an activating group) is 1. The molecule has 7 heteroatoms. The maximum Gasteiger partial charge on any atom is 0.147 e. The minimum atomic E-state index is -0.431. The first-order chi connectivity index (χ1) is 10.1. The molecule has 0 atom stereocenters. The minimum absolute atomic E-state index is 0.0817. The van der Waals surface area contributed by atoms with Gasteiger partial charge < -0.3 is 10.2 Å². The first kappa shape index (κ1) is 14.2. The zero-order chi connectivity index (χ0) is 15.0. The molecule has 0 bridgehead atoms.